The third kappa shape index (κ3) is 3.39. The van der Waals surface area contributed by atoms with Crippen molar-refractivity contribution >= 4 is 23.1 Å². The van der Waals surface area contributed by atoms with E-state index in [0.29, 0.717) is 40.1 Å². The maximum atomic E-state index is 9.54. The van der Waals surface area contributed by atoms with Crippen LogP contribution in [0.15, 0.2) is 40.8 Å². The molecule has 3 N–H and O–H groups in total. The first-order valence-corrected chi connectivity index (χ1v) is 9.12. The molecule has 1 fully saturated rings. The van der Waals surface area contributed by atoms with Gasteiger partial charge in [-0.2, -0.15) is 15.0 Å². The first-order chi connectivity index (χ1) is 14.2. The lowest BCUT2D eigenvalue weighted by atomic mass is 10.1. The van der Waals surface area contributed by atoms with Crippen LogP contribution < -0.4 is 16.0 Å². The van der Waals surface area contributed by atoms with E-state index in [9.17, 15) is 5.26 Å². The second kappa shape index (κ2) is 7.65. The highest BCUT2D eigenvalue weighted by molar-refractivity contribution is 5.74. The van der Waals surface area contributed by atoms with Gasteiger partial charge in [0.2, 0.25) is 0 Å². The molecule has 0 spiro atoms. The zero-order chi connectivity index (χ0) is 20.4. The van der Waals surface area contributed by atoms with Crippen molar-refractivity contribution in [3.05, 3.63) is 47.3 Å². The Morgan fingerprint density at radius 2 is 2.03 bits per heavy atom. The minimum Gasteiger partial charge on any atom is -0.372 e. The summed E-state index contributed by atoms with van der Waals surface area (Å²) < 4.78 is 1.66. The number of anilines is 2. The van der Waals surface area contributed by atoms with Gasteiger partial charge >= 0.3 is 0 Å². The molecule has 0 unspecified atom stereocenters. The molecule has 3 aromatic rings. The lowest BCUT2D eigenvalue weighted by Gasteiger charge is -2.12. The van der Waals surface area contributed by atoms with Gasteiger partial charge in [-0.25, -0.2) is 9.97 Å². The zero-order valence-electron chi connectivity index (χ0n) is 16.3. The normalized spacial score (nSPS) is 15.3. The van der Waals surface area contributed by atoms with E-state index < -0.39 is 0 Å². The van der Waals surface area contributed by atoms with E-state index in [4.69, 9.17) is 0 Å². The first kappa shape index (κ1) is 18.5. The molecule has 10 heteroatoms. The van der Waals surface area contributed by atoms with Gasteiger partial charge in [-0.05, 0) is 19.1 Å². The quantitative estimate of drug-likeness (QED) is 0.436. The van der Waals surface area contributed by atoms with Crippen molar-refractivity contribution in [3.8, 4) is 11.9 Å². The fraction of sp³-hybridized carbons (Fsp3) is 0.263. The van der Waals surface area contributed by atoms with Crippen LogP contribution in [0.2, 0.25) is 0 Å². The SMILES string of the molecule is CNc1nc(NC)c(/N=N/c2c([C@H]3CN3)cnn2-c2ccccn2)c(C)c1C#N. The fourth-order valence-corrected chi connectivity index (χ4v) is 3.03. The molecule has 146 valence electrons. The molecule has 1 atom stereocenters. The van der Waals surface area contributed by atoms with E-state index in [2.05, 4.69) is 47.3 Å². The number of hydrogen-bond donors (Lipinski definition) is 3. The van der Waals surface area contributed by atoms with Crippen molar-refractivity contribution in [3.63, 3.8) is 0 Å². The lowest BCUT2D eigenvalue weighted by molar-refractivity contribution is 0.838. The van der Waals surface area contributed by atoms with Gasteiger partial charge in [-0.3, -0.25) is 0 Å². The van der Waals surface area contributed by atoms with Gasteiger partial charge in [-0.15, -0.1) is 10.2 Å². The van der Waals surface area contributed by atoms with Crippen molar-refractivity contribution < 1.29 is 0 Å². The molecule has 29 heavy (non-hydrogen) atoms. The molecule has 4 rings (SSSR count). The summed E-state index contributed by atoms with van der Waals surface area (Å²) in [5.41, 5.74) is 2.58. The largest absolute Gasteiger partial charge is 0.372 e. The number of aromatic nitrogens is 4. The summed E-state index contributed by atoms with van der Waals surface area (Å²) in [5.74, 6) is 2.27. The van der Waals surface area contributed by atoms with E-state index in [-0.39, 0.29) is 6.04 Å². The molecular weight excluding hydrogens is 368 g/mol. The highest BCUT2D eigenvalue weighted by Gasteiger charge is 2.29. The van der Waals surface area contributed by atoms with Crippen LogP contribution in [0, 0.1) is 18.3 Å². The number of hydrogen-bond acceptors (Lipinski definition) is 9. The van der Waals surface area contributed by atoms with Crippen LogP contribution in [0.25, 0.3) is 5.82 Å². The van der Waals surface area contributed by atoms with Crippen molar-refractivity contribution in [2.24, 2.45) is 10.2 Å². The molecule has 0 aromatic carbocycles. The zero-order valence-corrected chi connectivity index (χ0v) is 16.3. The number of nitriles is 1. The summed E-state index contributed by atoms with van der Waals surface area (Å²) in [6, 6.07) is 7.98. The van der Waals surface area contributed by atoms with Gasteiger partial charge in [-0.1, -0.05) is 6.07 Å². The second-order valence-corrected chi connectivity index (χ2v) is 6.45. The van der Waals surface area contributed by atoms with Crippen LogP contribution in [0.3, 0.4) is 0 Å². The summed E-state index contributed by atoms with van der Waals surface area (Å²) in [5, 5.41) is 32.2. The predicted octanol–water partition coefficient (Wildman–Crippen LogP) is 2.99. The van der Waals surface area contributed by atoms with E-state index in [1.54, 1.807) is 31.2 Å². The van der Waals surface area contributed by atoms with Crippen LogP contribution >= 0.6 is 0 Å². The van der Waals surface area contributed by atoms with Gasteiger partial charge in [0.25, 0.3) is 0 Å². The van der Waals surface area contributed by atoms with Crippen molar-refractivity contribution in [1.82, 2.24) is 25.1 Å². The predicted molar refractivity (Wildman–Crippen MR) is 109 cm³/mol. The molecule has 0 saturated carbocycles. The van der Waals surface area contributed by atoms with Gasteiger partial charge in [0.15, 0.2) is 17.5 Å². The Hall–Kier alpha value is -3.84. The van der Waals surface area contributed by atoms with Crippen LogP contribution in [0.4, 0.5) is 23.1 Å². The minimum absolute atomic E-state index is 0.200. The molecule has 0 bridgehead atoms. The topological polar surface area (TPSA) is 138 Å². The first-order valence-electron chi connectivity index (χ1n) is 9.12. The van der Waals surface area contributed by atoms with Gasteiger partial charge in [0.1, 0.15) is 17.6 Å². The highest BCUT2D eigenvalue weighted by Crippen LogP contribution is 2.37. The third-order valence-electron chi connectivity index (χ3n) is 4.67. The Kier molecular flexibility index (Phi) is 4.88. The van der Waals surface area contributed by atoms with Crippen molar-refractivity contribution in [2.45, 2.75) is 13.0 Å². The Labute approximate surface area is 167 Å². The second-order valence-electron chi connectivity index (χ2n) is 6.45. The molecule has 3 aromatic heterocycles. The Balaban J connectivity index is 1.83. The van der Waals surface area contributed by atoms with E-state index >= 15 is 0 Å². The fourth-order valence-electron chi connectivity index (χ4n) is 3.03. The molecule has 0 radical (unpaired) electrons. The van der Waals surface area contributed by atoms with E-state index in [1.165, 1.54) is 0 Å². The molecule has 1 saturated heterocycles. The molecule has 10 nitrogen and oxygen atoms in total. The van der Waals surface area contributed by atoms with Crippen LogP contribution in [0.5, 0.6) is 0 Å². The summed E-state index contributed by atoms with van der Waals surface area (Å²) in [6.45, 7) is 2.70. The van der Waals surface area contributed by atoms with Crippen LogP contribution in [-0.4, -0.2) is 40.4 Å². The summed E-state index contributed by atoms with van der Waals surface area (Å²) in [4.78, 5) is 8.81. The average molecular weight is 388 g/mol. The highest BCUT2D eigenvalue weighted by atomic mass is 15.4. The van der Waals surface area contributed by atoms with Gasteiger partial charge in [0, 0.05) is 38.0 Å². The molecular formula is C19H20N10. The Morgan fingerprint density at radius 3 is 2.66 bits per heavy atom. The number of rotatable bonds is 6. The maximum absolute atomic E-state index is 9.54. The van der Waals surface area contributed by atoms with Gasteiger partial charge in [0.05, 0.1) is 17.8 Å². The molecule has 0 amide bonds. The van der Waals surface area contributed by atoms with Crippen LogP contribution in [0.1, 0.15) is 22.7 Å². The molecule has 1 aliphatic rings. The number of nitrogens with one attached hydrogen (secondary N) is 3. The molecule has 4 heterocycles. The van der Waals surface area contributed by atoms with Crippen molar-refractivity contribution in [1.29, 1.82) is 5.26 Å². The number of pyridine rings is 2. The third-order valence-corrected chi connectivity index (χ3v) is 4.67. The number of azo groups is 1. The number of nitrogens with zero attached hydrogens (tertiary/aromatic N) is 7. The average Bonchev–Trinajstić information content (AvgIpc) is 3.52. The summed E-state index contributed by atoms with van der Waals surface area (Å²) >= 11 is 0. The molecule has 0 aliphatic carbocycles. The summed E-state index contributed by atoms with van der Waals surface area (Å²) in [6.07, 6.45) is 3.48. The van der Waals surface area contributed by atoms with E-state index in [1.807, 2.05) is 25.1 Å². The Bertz CT molecular complexity index is 1110. The smallest absolute Gasteiger partial charge is 0.184 e. The van der Waals surface area contributed by atoms with Crippen molar-refractivity contribution in [2.75, 3.05) is 31.3 Å². The van der Waals surface area contributed by atoms with Crippen LogP contribution in [-0.2, 0) is 0 Å². The summed E-state index contributed by atoms with van der Waals surface area (Å²) in [7, 11) is 3.48. The standard InChI is InChI=1S/C19H20N10/c1-11-12(8-20)17(21-2)26-18(22-3)16(11)27-28-19-13(14-10-24-14)9-25-29(19)15-6-4-5-7-23-15/h4-7,9,14,24H,10H2,1-3H3,(H2,21,22,26)/b28-27+/t14-/m1/s1. The Morgan fingerprint density at radius 1 is 1.24 bits per heavy atom. The maximum Gasteiger partial charge on any atom is 0.184 e. The minimum atomic E-state index is 0.200. The van der Waals surface area contributed by atoms with Gasteiger partial charge < -0.3 is 16.0 Å². The lowest BCUT2D eigenvalue weighted by Crippen LogP contribution is -2.03. The van der Waals surface area contributed by atoms with E-state index in [0.717, 1.165) is 12.1 Å². The molecule has 1 aliphatic heterocycles. The monoisotopic (exact) mass is 388 g/mol.